The molecule has 0 spiro atoms. The molecule has 188 valence electrons. The summed E-state index contributed by atoms with van der Waals surface area (Å²) >= 11 is 0. The molecule has 0 N–H and O–H groups in total. The Labute approximate surface area is 226 Å². The summed E-state index contributed by atoms with van der Waals surface area (Å²) in [5.41, 5.74) is 8.96. The van der Waals surface area contributed by atoms with Crippen molar-refractivity contribution < 1.29 is 0 Å². The second kappa shape index (κ2) is 7.93. The molecule has 0 amide bonds. The van der Waals surface area contributed by atoms with E-state index in [4.69, 9.17) is 29.9 Å². The maximum atomic E-state index is 4.90. The quantitative estimate of drug-likeness (QED) is 0.324. The van der Waals surface area contributed by atoms with E-state index in [0.29, 0.717) is 0 Å². The third-order valence-corrected chi connectivity index (χ3v) is 7.80. The molecule has 0 unspecified atom stereocenters. The van der Waals surface area contributed by atoms with Crippen molar-refractivity contribution >= 4 is 44.1 Å². The Morgan fingerprint density at radius 2 is 1.00 bits per heavy atom. The maximum absolute atomic E-state index is 4.90. The highest BCUT2D eigenvalue weighted by Crippen LogP contribution is 2.49. The zero-order valence-corrected chi connectivity index (χ0v) is 20.9. The highest BCUT2D eigenvalue weighted by Gasteiger charge is 2.39. The van der Waals surface area contributed by atoms with E-state index in [2.05, 4.69) is 55.5 Å². The fraction of sp³-hybridized carbons (Fsp3) is 0.0667. The fourth-order valence-corrected chi connectivity index (χ4v) is 6.36. The van der Waals surface area contributed by atoms with E-state index < -0.39 is 12.1 Å². The van der Waals surface area contributed by atoms with Gasteiger partial charge in [-0.2, -0.15) is 0 Å². The van der Waals surface area contributed by atoms with Gasteiger partial charge in [0.15, 0.2) is 11.3 Å². The maximum Gasteiger partial charge on any atom is 0.161 e. The molecule has 10 heteroatoms. The summed E-state index contributed by atoms with van der Waals surface area (Å²) in [5, 5.41) is 2.06. The van der Waals surface area contributed by atoms with Gasteiger partial charge in [-0.15, -0.1) is 0 Å². The number of fused-ring (bicyclic) bond motifs is 7. The summed E-state index contributed by atoms with van der Waals surface area (Å²) in [6.45, 7) is 0. The minimum atomic E-state index is -0.438. The fourth-order valence-electron chi connectivity index (χ4n) is 6.36. The van der Waals surface area contributed by atoms with Gasteiger partial charge in [0.25, 0.3) is 0 Å². The predicted molar refractivity (Wildman–Crippen MR) is 149 cm³/mol. The van der Waals surface area contributed by atoms with Gasteiger partial charge in [0.1, 0.15) is 17.2 Å². The standard InChI is InChI=1S/C30H18N10/c1-3-17-18-4-2-6-20-25-29(38-14-12-36-25)40(27(18)20)30(39-26(17)19(5-1)24-28(39)37-13-11-35-24)23(21-15-31-7-9-33-21)22-16-32-8-10-34-22/h1-16,23,30H. The molecule has 40 heavy (non-hydrogen) atoms. The zero-order chi connectivity index (χ0) is 26.2. The molecule has 8 aromatic rings. The van der Waals surface area contributed by atoms with Crippen LogP contribution >= 0.6 is 0 Å². The molecule has 0 atom stereocenters. The van der Waals surface area contributed by atoms with E-state index in [-0.39, 0.29) is 0 Å². The van der Waals surface area contributed by atoms with Crippen LogP contribution in [0.3, 0.4) is 0 Å². The van der Waals surface area contributed by atoms with Crippen molar-refractivity contribution in [1.82, 2.24) is 49.0 Å². The van der Waals surface area contributed by atoms with E-state index in [9.17, 15) is 0 Å². The van der Waals surface area contributed by atoms with Crippen molar-refractivity contribution in [3.63, 3.8) is 0 Å². The first kappa shape index (κ1) is 21.3. The Bertz CT molecular complexity index is 2080. The average Bonchev–Trinajstić information content (AvgIpc) is 3.50. The summed E-state index contributed by atoms with van der Waals surface area (Å²) in [5.74, 6) is -0.400. The summed E-state index contributed by atoms with van der Waals surface area (Å²) < 4.78 is 4.54. The van der Waals surface area contributed by atoms with E-state index in [0.717, 1.165) is 66.6 Å². The largest absolute Gasteiger partial charge is 0.301 e. The highest BCUT2D eigenvalue weighted by molar-refractivity contribution is 6.16. The minimum absolute atomic E-state index is 0.400. The van der Waals surface area contributed by atoms with Gasteiger partial charge in [0, 0.05) is 83.9 Å². The smallest absolute Gasteiger partial charge is 0.161 e. The predicted octanol–water partition coefficient (Wildman–Crippen LogP) is 4.92. The van der Waals surface area contributed by atoms with Crippen molar-refractivity contribution in [2.24, 2.45) is 0 Å². The first-order chi connectivity index (χ1) is 19.9. The lowest BCUT2D eigenvalue weighted by atomic mass is 9.97. The molecule has 0 fully saturated rings. The molecule has 6 aromatic heterocycles. The first-order valence-electron chi connectivity index (χ1n) is 12.9. The number of hydrogen-bond donors (Lipinski definition) is 0. The summed E-state index contributed by atoms with van der Waals surface area (Å²) in [6.07, 6.45) is 16.9. The molecule has 0 saturated carbocycles. The van der Waals surface area contributed by atoms with E-state index in [1.165, 1.54) is 0 Å². The summed E-state index contributed by atoms with van der Waals surface area (Å²) in [6, 6.07) is 12.7. The summed E-state index contributed by atoms with van der Waals surface area (Å²) in [7, 11) is 0. The molecule has 0 radical (unpaired) electrons. The van der Waals surface area contributed by atoms with Crippen LogP contribution in [-0.4, -0.2) is 49.0 Å². The van der Waals surface area contributed by atoms with E-state index in [1.54, 1.807) is 62.0 Å². The van der Waals surface area contributed by atoms with Gasteiger partial charge in [-0.25, -0.2) is 9.97 Å². The molecule has 7 heterocycles. The Balaban J connectivity index is 1.56. The highest BCUT2D eigenvalue weighted by atomic mass is 15.3. The molecule has 2 aromatic carbocycles. The second-order valence-electron chi connectivity index (χ2n) is 9.75. The average molecular weight is 519 g/mol. The number of aromatic nitrogens is 10. The van der Waals surface area contributed by atoms with Gasteiger partial charge < -0.3 is 9.13 Å². The lowest BCUT2D eigenvalue weighted by Crippen LogP contribution is -2.27. The molecule has 9 rings (SSSR count). The SMILES string of the molecule is c1cc2c3c(c1)c1nccnc1n3C(C(c1cnccn1)c1cnccn1)n1c3nccnc3c3cccc-2c31. The molecule has 0 aliphatic carbocycles. The van der Waals surface area contributed by atoms with Crippen molar-refractivity contribution in [1.29, 1.82) is 0 Å². The number of nitrogens with zero attached hydrogens (tertiary/aromatic N) is 10. The lowest BCUT2D eigenvalue weighted by molar-refractivity contribution is 0.412. The van der Waals surface area contributed by atoms with Gasteiger partial charge in [-0.05, 0) is 0 Å². The lowest BCUT2D eigenvalue weighted by Gasteiger charge is -2.30. The van der Waals surface area contributed by atoms with Crippen LogP contribution in [0.5, 0.6) is 0 Å². The van der Waals surface area contributed by atoms with Crippen LogP contribution < -0.4 is 0 Å². The van der Waals surface area contributed by atoms with Crippen molar-refractivity contribution in [3.05, 3.63) is 110 Å². The first-order valence-corrected chi connectivity index (χ1v) is 12.9. The molecule has 1 aliphatic rings. The Morgan fingerprint density at radius 1 is 0.525 bits per heavy atom. The Kier molecular flexibility index (Phi) is 4.23. The third kappa shape index (κ3) is 2.71. The van der Waals surface area contributed by atoms with Crippen LogP contribution in [-0.2, 0) is 0 Å². The van der Waals surface area contributed by atoms with Gasteiger partial charge in [0.2, 0.25) is 0 Å². The van der Waals surface area contributed by atoms with Crippen LogP contribution in [0, 0.1) is 0 Å². The molecule has 0 saturated heterocycles. The number of hydrogen-bond acceptors (Lipinski definition) is 8. The molecule has 1 aliphatic heterocycles. The zero-order valence-electron chi connectivity index (χ0n) is 20.9. The van der Waals surface area contributed by atoms with Crippen molar-refractivity contribution in [2.45, 2.75) is 12.1 Å². The minimum Gasteiger partial charge on any atom is -0.301 e. The van der Waals surface area contributed by atoms with Crippen LogP contribution in [0.25, 0.3) is 55.3 Å². The van der Waals surface area contributed by atoms with Gasteiger partial charge in [-0.1, -0.05) is 36.4 Å². The van der Waals surface area contributed by atoms with Crippen LogP contribution in [0.2, 0.25) is 0 Å². The molecular formula is C30H18N10. The third-order valence-electron chi connectivity index (χ3n) is 7.80. The molecular weight excluding hydrogens is 500 g/mol. The number of benzene rings is 2. The van der Waals surface area contributed by atoms with Crippen molar-refractivity contribution in [3.8, 4) is 11.1 Å². The topological polar surface area (TPSA) is 113 Å². The van der Waals surface area contributed by atoms with Gasteiger partial charge >= 0.3 is 0 Å². The second-order valence-corrected chi connectivity index (χ2v) is 9.75. The number of rotatable bonds is 3. The van der Waals surface area contributed by atoms with E-state index in [1.807, 2.05) is 0 Å². The Hall–Kier alpha value is -5.64. The van der Waals surface area contributed by atoms with Gasteiger partial charge in [0.05, 0.1) is 28.3 Å². The van der Waals surface area contributed by atoms with Crippen LogP contribution in [0.4, 0.5) is 0 Å². The van der Waals surface area contributed by atoms with Crippen LogP contribution in [0.1, 0.15) is 23.5 Å². The summed E-state index contributed by atoms with van der Waals surface area (Å²) in [4.78, 5) is 37.9. The van der Waals surface area contributed by atoms with E-state index >= 15 is 0 Å². The van der Waals surface area contributed by atoms with Crippen LogP contribution in [0.15, 0.2) is 98.4 Å². The van der Waals surface area contributed by atoms with Gasteiger partial charge in [-0.3, -0.25) is 29.9 Å². The molecule has 0 bridgehead atoms. The number of para-hydroxylation sites is 2. The molecule has 10 nitrogen and oxygen atoms in total. The Morgan fingerprint density at radius 3 is 1.48 bits per heavy atom. The monoisotopic (exact) mass is 518 g/mol. The normalized spacial score (nSPS) is 13.1. The van der Waals surface area contributed by atoms with Crippen molar-refractivity contribution in [2.75, 3.05) is 0 Å².